The number of benzene rings is 2. The number of amides is 2. The minimum absolute atomic E-state index is 0.134. The van der Waals surface area contributed by atoms with Crippen molar-refractivity contribution in [1.82, 2.24) is 10.2 Å². The molecule has 0 fully saturated rings. The second-order valence-corrected chi connectivity index (χ2v) is 8.54. The largest absolute Gasteiger partial charge is 0.484 e. The fourth-order valence-electron chi connectivity index (χ4n) is 2.66. The number of nitrogens with zero attached hydrogens (tertiary/aromatic N) is 1. The highest BCUT2D eigenvalue weighted by Gasteiger charge is 2.26. The van der Waals surface area contributed by atoms with E-state index in [-0.39, 0.29) is 18.4 Å². The molecule has 29 heavy (non-hydrogen) atoms. The number of rotatable bonds is 10. The van der Waals surface area contributed by atoms with Crippen molar-refractivity contribution in [2.75, 3.05) is 13.2 Å². The van der Waals surface area contributed by atoms with E-state index in [1.54, 1.807) is 24.0 Å². The molecule has 5 nitrogen and oxygen atoms in total. The molecular weight excluding hydrogens is 500 g/mol. The summed E-state index contributed by atoms with van der Waals surface area (Å²) in [5, 5.41) is 2.91. The molecule has 0 heterocycles. The van der Waals surface area contributed by atoms with E-state index in [4.69, 9.17) is 4.74 Å². The van der Waals surface area contributed by atoms with Crippen LogP contribution in [-0.4, -0.2) is 35.9 Å². The second-order valence-electron chi connectivity index (χ2n) is 6.71. The van der Waals surface area contributed by atoms with Crippen LogP contribution in [0.5, 0.6) is 5.75 Å². The lowest BCUT2D eigenvalue weighted by molar-refractivity contribution is -0.142. The van der Waals surface area contributed by atoms with Crippen molar-refractivity contribution >= 4 is 43.7 Å². The third kappa shape index (κ3) is 7.82. The molecule has 0 radical (unpaired) electrons. The van der Waals surface area contributed by atoms with E-state index < -0.39 is 6.04 Å². The topological polar surface area (TPSA) is 58.6 Å². The highest BCUT2D eigenvalue weighted by molar-refractivity contribution is 9.10. The number of hydrogen-bond acceptors (Lipinski definition) is 3. The lowest BCUT2D eigenvalue weighted by atomic mass is 10.1. The van der Waals surface area contributed by atoms with Crippen LogP contribution in [0.1, 0.15) is 32.3 Å². The van der Waals surface area contributed by atoms with Gasteiger partial charge in [-0.15, -0.1) is 0 Å². The molecule has 0 aromatic heterocycles. The zero-order valence-corrected chi connectivity index (χ0v) is 19.8. The summed E-state index contributed by atoms with van der Waals surface area (Å²) in [5.41, 5.74) is 0.943. The summed E-state index contributed by atoms with van der Waals surface area (Å²) in [7, 11) is 0. The number of ether oxygens (including phenoxy) is 1. The van der Waals surface area contributed by atoms with Crippen molar-refractivity contribution in [3.05, 3.63) is 63.0 Å². The lowest BCUT2D eigenvalue weighted by Crippen LogP contribution is -2.49. The summed E-state index contributed by atoms with van der Waals surface area (Å²) in [5.74, 6) is 0.201. The minimum atomic E-state index is -0.600. The summed E-state index contributed by atoms with van der Waals surface area (Å²) in [6.07, 6.45) is 1.91. The van der Waals surface area contributed by atoms with E-state index in [1.807, 2.05) is 36.4 Å². The van der Waals surface area contributed by atoms with Crippen LogP contribution in [0.2, 0.25) is 0 Å². The van der Waals surface area contributed by atoms with E-state index in [1.165, 1.54) is 0 Å². The monoisotopic (exact) mass is 524 g/mol. The van der Waals surface area contributed by atoms with Crippen molar-refractivity contribution in [3.8, 4) is 5.75 Å². The smallest absolute Gasteiger partial charge is 0.261 e. The predicted octanol–water partition coefficient (Wildman–Crippen LogP) is 4.92. The van der Waals surface area contributed by atoms with E-state index in [2.05, 4.69) is 44.1 Å². The number of unbranched alkanes of at least 4 members (excludes halogenated alkanes) is 1. The highest BCUT2D eigenvalue weighted by Crippen LogP contribution is 2.17. The van der Waals surface area contributed by atoms with E-state index in [0.29, 0.717) is 18.8 Å². The molecule has 0 bridgehead atoms. The zero-order chi connectivity index (χ0) is 21.2. The summed E-state index contributed by atoms with van der Waals surface area (Å²) in [6.45, 7) is 4.62. The molecule has 2 rings (SSSR count). The molecule has 1 unspecified atom stereocenters. The van der Waals surface area contributed by atoms with Crippen LogP contribution in [0.15, 0.2) is 57.5 Å². The van der Waals surface area contributed by atoms with Crippen molar-refractivity contribution in [2.45, 2.75) is 39.3 Å². The number of hydrogen-bond donors (Lipinski definition) is 1. The van der Waals surface area contributed by atoms with Crippen LogP contribution < -0.4 is 10.1 Å². The maximum absolute atomic E-state index is 12.9. The van der Waals surface area contributed by atoms with Crippen molar-refractivity contribution in [2.24, 2.45) is 0 Å². The second kappa shape index (κ2) is 12.0. The number of nitrogens with one attached hydrogen (secondary N) is 1. The van der Waals surface area contributed by atoms with Crippen molar-refractivity contribution in [3.63, 3.8) is 0 Å². The number of halogens is 2. The van der Waals surface area contributed by atoms with Crippen LogP contribution in [0.4, 0.5) is 0 Å². The minimum Gasteiger partial charge on any atom is -0.484 e. The van der Waals surface area contributed by atoms with Crippen LogP contribution in [-0.2, 0) is 16.1 Å². The van der Waals surface area contributed by atoms with Crippen LogP contribution in [0.3, 0.4) is 0 Å². The standard InChI is InChI=1S/C22H26Br2N2O3/c1-3-4-13-25-22(28)16(2)26(14-17-5-7-18(23)8-6-17)21(27)15-29-20-11-9-19(24)10-12-20/h5-12,16H,3-4,13-15H2,1-2H3,(H,25,28). The molecule has 1 atom stereocenters. The Hall–Kier alpha value is -1.86. The first-order valence-electron chi connectivity index (χ1n) is 9.60. The quantitative estimate of drug-likeness (QED) is 0.448. The molecule has 1 N–H and O–H groups in total. The highest BCUT2D eigenvalue weighted by atomic mass is 79.9. The SMILES string of the molecule is CCCCNC(=O)C(C)N(Cc1ccc(Br)cc1)C(=O)COc1ccc(Br)cc1. The van der Waals surface area contributed by atoms with Gasteiger partial charge in [-0.2, -0.15) is 0 Å². The van der Waals surface area contributed by atoms with Crippen molar-refractivity contribution < 1.29 is 14.3 Å². The summed E-state index contributed by atoms with van der Waals surface area (Å²) in [6, 6.07) is 14.4. The average Bonchev–Trinajstić information content (AvgIpc) is 2.72. The van der Waals surface area contributed by atoms with E-state index in [0.717, 1.165) is 27.4 Å². The average molecular weight is 526 g/mol. The third-order valence-corrected chi connectivity index (χ3v) is 5.50. The van der Waals surface area contributed by atoms with Gasteiger partial charge in [0.25, 0.3) is 5.91 Å². The van der Waals surface area contributed by atoms with Crippen molar-refractivity contribution in [1.29, 1.82) is 0 Å². The van der Waals surface area contributed by atoms with Gasteiger partial charge in [-0.3, -0.25) is 9.59 Å². The molecule has 156 valence electrons. The first-order valence-corrected chi connectivity index (χ1v) is 11.2. The fraction of sp³-hybridized carbons (Fsp3) is 0.364. The third-order valence-electron chi connectivity index (χ3n) is 4.44. The number of carbonyl (C=O) groups is 2. The van der Waals surface area contributed by atoms with Gasteiger partial charge in [-0.1, -0.05) is 57.3 Å². The van der Waals surface area contributed by atoms with E-state index in [9.17, 15) is 9.59 Å². The molecule has 7 heteroatoms. The van der Waals surface area contributed by atoms with Crippen LogP contribution >= 0.6 is 31.9 Å². The fourth-order valence-corrected chi connectivity index (χ4v) is 3.19. The maximum atomic E-state index is 12.9. The van der Waals surface area contributed by atoms with Gasteiger partial charge in [0.15, 0.2) is 6.61 Å². The molecule has 0 saturated carbocycles. The van der Waals surface area contributed by atoms with Gasteiger partial charge in [0.05, 0.1) is 0 Å². The molecule has 2 aromatic carbocycles. The summed E-state index contributed by atoms with van der Waals surface area (Å²) in [4.78, 5) is 27.1. The Morgan fingerprint density at radius 2 is 1.62 bits per heavy atom. The van der Waals surface area contributed by atoms with Gasteiger partial charge < -0.3 is 15.0 Å². The Morgan fingerprint density at radius 3 is 2.21 bits per heavy atom. The first kappa shape index (κ1) is 23.4. The first-order chi connectivity index (χ1) is 13.9. The van der Waals surface area contributed by atoms with E-state index >= 15 is 0 Å². The van der Waals surface area contributed by atoms with Gasteiger partial charge in [-0.05, 0) is 55.3 Å². The summed E-state index contributed by atoms with van der Waals surface area (Å²) >= 11 is 6.79. The molecule has 0 spiro atoms. The Balaban J connectivity index is 2.08. The van der Waals surface area contributed by atoms with Gasteiger partial charge in [0, 0.05) is 22.0 Å². The molecule has 0 aliphatic carbocycles. The molecule has 2 aromatic rings. The Kier molecular flexibility index (Phi) is 9.67. The predicted molar refractivity (Wildman–Crippen MR) is 122 cm³/mol. The zero-order valence-electron chi connectivity index (χ0n) is 16.7. The Labute approximate surface area is 189 Å². The van der Waals surface area contributed by atoms with Crippen LogP contribution in [0, 0.1) is 0 Å². The molecular formula is C22H26Br2N2O3. The number of carbonyl (C=O) groups excluding carboxylic acids is 2. The summed E-state index contributed by atoms with van der Waals surface area (Å²) < 4.78 is 7.53. The Bertz CT molecular complexity index is 795. The lowest BCUT2D eigenvalue weighted by Gasteiger charge is -2.28. The maximum Gasteiger partial charge on any atom is 0.261 e. The molecule has 0 aliphatic heterocycles. The van der Waals surface area contributed by atoms with Gasteiger partial charge in [0.1, 0.15) is 11.8 Å². The van der Waals surface area contributed by atoms with Crippen LogP contribution in [0.25, 0.3) is 0 Å². The van der Waals surface area contributed by atoms with Gasteiger partial charge in [0.2, 0.25) is 5.91 Å². The van der Waals surface area contributed by atoms with Gasteiger partial charge >= 0.3 is 0 Å². The Morgan fingerprint density at radius 1 is 1.03 bits per heavy atom. The normalized spacial score (nSPS) is 11.6. The van der Waals surface area contributed by atoms with Gasteiger partial charge in [-0.25, -0.2) is 0 Å². The molecule has 2 amide bonds. The molecule has 0 aliphatic rings. The molecule has 0 saturated heterocycles.